The number of rotatable bonds is 5. The molecule has 0 saturated carbocycles. The number of aromatic nitrogens is 2. The molecule has 0 spiro atoms. The van der Waals surface area contributed by atoms with E-state index in [0.29, 0.717) is 11.7 Å². The van der Waals surface area contributed by atoms with Crippen molar-refractivity contribution in [3.05, 3.63) is 11.9 Å². The van der Waals surface area contributed by atoms with Crippen LogP contribution in [0.1, 0.15) is 46.9 Å². The Bertz CT molecular complexity index is 387. The third-order valence-electron chi connectivity index (χ3n) is 2.73. The van der Waals surface area contributed by atoms with Gasteiger partial charge in [0.1, 0.15) is 16.7 Å². The molecule has 1 rings (SSSR count). The molecule has 1 aromatic heterocycles. The third-order valence-corrected chi connectivity index (χ3v) is 3.97. The summed E-state index contributed by atoms with van der Waals surface area (Å²) >= 11 is 1.77. The van der Waals surface area contributed by atoms with Gasteiger partial charge in [0.15, 0.2) is 0 Å². The molecule has 1 heterocycles. The highest BCUT2D eigenvalue weighted by molar-refractivity contribution is 7.99. The van der Waals surface area contributed by atoms with Crippen LogP contribution in [0, 0.1) is 5.92 Å². The van der Waals surface area contributed by atoms with Crippen LogP contribution in [0.25, 0.3) is 0 Å². The Morgan fingerprint density at radius 3 is 2.56 bits per heavy atom. The number of hydrazine groups is 1. The van der Waals surface area contributed by atoms with Crippen LogP contribution >= 0.6 is 11.8 Å². The largest absolute Gasteiger partial charge is 0.308 e. The van der Waals surface area contributed by atoms with Gasteiger partial charge in [0, 0.05) is 17.2 Å². The number of hydrogen-bond donors (Lipinski definition) is 2. The van der Waals surface area contributed by atoms with E-state index in [2.05, 4.69) is 50.0 Å². The van der Waals surface area contributed by atoms with Crippen molar-refractivity contribution in [2.45, 2.75) is 51.5 Å². The van der Waals surface area contributed by atoms with Crippen molar-refractivity contribution in [1.82, 2.24) is 9.97 Å². The molecule has 0 aliphatic rings. The summed E-state index contributed by atoms with van der Waals surface area (Å²) in [4.78, 5) is 9.03. The first-order chi connectivity index (χ1) is 8.36. The molecule has 3 N–H and O–H groups in total. The Labute approximate surface area is 114 Å². The van der Waals surface area contributed by atoms with Gasteiger partial charge in [-0.25, -0.2) is 15.8 Å². The Balaban J connectivity index is 2.91. The molecule has 18 heavy (non-hydrogen) atoms. The lowest BCUT2D eigenvalue weighted by atomic mass is 9.96. The maximum absolute atomic E-state index is 5.46. The fraction of sp³-hybridized carbons (Fsp3) is 0.692. The zero-order valence-electron chi connectivity index (χ0n) is 11.9. The highest BCUT2D eigenvalue weighted by Gasteiger charge is 2.19. The van der Waals surface area contributed by atoms with Gasteiger partial charge in [-0.05, 0) is 5.92 Å². The molecule has 0 aliphatic carbocycles. The predicted octanol–water partition coefficient (Wildman–Crippen LogP) is 3.20. The highest BCUT2D eigenvalue weighted by Crippen LogP contribution is 2.26. The average Bonchev–Trinajstić information content (AvgIpc) is 2.34. The third kappa shape index (κ3) is 4.46. The molecule has 0 saturated heterocycles. The van der Waals surface area contributed by atoms with Crippen molar-refractivity contribution >= 4 is 17.6 Å². The van der Waals surface area contributed by atoms with E-state index in [1.54, 1.807) is 11.8 Å². The van der Waals surface area contributed by atoms with Crippen LogP contribution in [0.3, 0.4) is 0 Å². The topological polar surface area (TPSA) is 63.8 Å². The number of nitrogens with one attached hydrogen (secondary N) is 1. The van der Waals surface area contributed by atoms with Gasteiger partial charge in [-0.1, -0.05) is 41.0 Å². The van der Waals surface area contributed by atoms with Crippen LogP contribution in [0.2, 0.25) is 0 Å². The van der Waals surface area contributed by atoms with E-state index < -0.39 is 0 Å². The summed E-state index contributed by atoms with van der Waals surface area (Å²) in [5.41, 5.74) is 2.55. The van der Waals surface area contributed by atoms with E-state index in [-0.39, 0.29) is 5.41 Å². The summed E-state index contributed by atoms with van der Waals surface area (Å²) < 4.78 is 0. The predicted molar refractivity (Wildman–Crippen MR) is 78.7 cm³/mol. The van der Waals surface area contributed by atoms with Gasteiger partial charge >= 0.3 is 0 Å². The van der Waals surface area contributed by atoms with Gasteiger partial charge < -0.3 is 5.43 Å². The minimum atomic E-state index is -0.0709. The monoisotopic (exact) mass is 268 g/mol. The summed E-state index contributed by atoms with van der Waals surface area (Å²) in [6, 6.07) is 1.91. The van der Waals surface area contributed by atoms with Gasteiger partial charge in [0.25, 0.3) is 0 Å². The molecule has 4 nitrogen and oxygen atoms in total. The fourth-order valence-corrected chi connectivity index (χ4v) is 2.29. The second kappa shape index (κ2) is 6.38. The number of anilines is 1. The molecule has 0 aromatic carbocycles. The molecule has 0 amide bonds. The number of thioether (sulfide) groups is 1. The summed E-state index contributed by atoms with van der Waals surface area (Å²) in [7, 11) is 0. The molecule has 0 bridgehead atoms. The van der Waals surface area contributed by atoms with E-state index in [0.717, 1.165) is 16.6 Å². The number of hydrogen-bond acceptors (Lipinski definition) is 5. The van der Waals surface area contributed by atoms with Crippen molar-refractivity contribution in [3.63, 3.8) is 0 Å². The van der Waals surface area contributed by atoms with Crippen molar-refractivity contribution < 1.29 is 0 Å². The van der Waals surface area contributed by atoms with E-state index in [9.17, 15) is 0 Å². The van der Waals surface area contributed by atoms with Crippen LogP contribution in [0.15, 0.2) is 11.1 Å². The van der Waals surface area contributed by atoms with Crippen LogP contribution in [0.5, 0.6) is 0 Å². The van der Waals surface area contributed by atoms with Crippen molar-refractivity contribution in [2.24, 2.45) is 11.8 Å². The van der Waals surface area contributed by atoms with Crippen LogP contribution in [0.4, 0.5) is 5.82 Å². The van der Waals surface area contributed by atoms with Gasteiger partial charge in [0.2, 0.25) is 0 Å². The lowest BCUT2D eigenvalue weighted by molar-refractivity contribution is 0.539. The molecule has 0 fully saturated rings. The van der Waals surface area contributed by atoms with Gasteiger partial charge in [0.05, 0.1) is 0 Å². The number of nitrogens with zero attached hydrogens (tertiary/aromatic N) is 2. The minimum absolute atomic E-state index is 0.0709. The molecule has 1 unspecified atom stereocenters. The standard InChI is InChI=1S/C13H24N4S/c1-6-9(2)8-18-11-7-10(17-14)15-12(16-11)13(3,4)5/h7,9H,6,8,14H2,1-5H3,(H,15,16,17). The van der Waals surface area contributed by atoms with Crippen molar-refractivity contribution in [3.8, 4) is 0 Å². The van der Waals surface area contributed by atoms with Crippen LogP contribution < -0.4 is 11.3 Å². The average molecular weight is 268 g/mol. The normalized spacial score (nSPS) is 13.4. The van der Waals surface area contributed by atoms with Crippen molar-refractivity contribution in [1.29, 1.82) is 0 Å². The first kappa shape index (κ1) is 15.2. The van der Waals surface area contributed by atoms with Gasteiger partial charge in [-0.2, -0.15) is 0 Å². The van der Waals surface area contributed by atoms with Crippen LogP contribution in [-0.4, -0.2) is 15.7 Å². The Morgan fingerprint density at radius 1 is 1.39 bits per heavy atom. The summed E-state index contributed by atoms with van der Waals surface area (Å²) in [5, 5.41) is 0.989. The zero-order chi connectivity index (χ0) is 13.8. The molecule has 102 valence electrons. The molecule has 5 heteroatoms. The second-order valence-corrected chi connectivity index (χ2v) is 6.67. The van der Waals surface area contributed by atoms with Crippen LogP contribution in [-0.2, 0) is 5.41 Å². The number of nitrogens with two attached hydrogens (primary N) is 1. The summed E-state index contributed by atoms with van der Waals surface area (Å²) in [6.45, 7) is 10.8. The molecule has 0 aliphatic heterocycles. The highest BCUT2D eigenvalue weighted by atomic mass is 32.2. The lowest BCUT2D eigenvalue weighted by Gasteiger charge is -2.18. The van der Waals surface area contributed by atoms with E-state index in [4.69, 9.17) is 5.84 Å². The SMILES string of the molecule is CCC(C)CSc1cc(NN)nc(C(C)(C)C)n1. The Hall–Kier alpha value is -0.810. The maximum atomic E-state index is 5.46. The van der Waals surface area contributed by atoms with E-state index in [1.807, 2.05) is 6.07 Å². The first-order valence-electron chi connectivity index (χ1n) is 6.35. The summed E-state index contributed by atoms with van der Waals surface area (Å²) in [6.07, 6.45) is 1.19. The van der Waals surface area contributed by atoms with Gasteiger partial charge in [-0.15, -0.1) is 11.8 Å². The first-order valence-corrected chi connectivity index (χ1v) is 7.34. The van der Waals surface area contributed by atoms with E-state index in [1.165, 1.54) is 6.42 Å². The van der Waals surface area contributed by atoms with Crippen molar-refractivity contribution in [2.75, 3.05) is 11.2 Å². The molecule has 1 atom stereocenters. The Kier molecular flexibility index (Phi) is 5.41. The molecular weight excluding hydrogens is 244 g/mol. The lowest BCUT2D eigenvalue weighted by Crippen LogP contribution is -2.19. The fourth-order valence-electron chi connectivity index (χ4n) is 1.25. The number of nitrogen functional groups attached to an aromatic ring is 1. The molecule has 1 aromatic rings. The second-order valence-electron chi connectivity index (χ2n) is 5.63. The minimum Gasteiger partial charge on any atom is -0.308 e. The van der Waals surface area contributed by atoms with E-state index >= 15 is 0 Å². The smallest absolute Gasteiger partial charge is 0.144 e. The molecular formula is C13H24N4S. The zero-order valence-corrected chi connectivity index (χ0v) is 12.8. The Morgan fingerprint density at radius 2 is 2.06 bits per heavy atom. The van der Waals surface area contributed by atoms with Gasteiger partial charge in [-0.3, -0.25) is 0 Å². The summed E-state index contributed by atoms with van der Waals surface area (Å²) in [5.74, 6) is 8.73. The quantitative estimate of drug-likeness (QED) is 0.371. The molecule has 0 radical (unpaired) electrons. The maximum Gasteiger partial charge on any atom is 0.144 e.